The van der Waals surface area contributed by atoms with Crippen LogP contribution in [0.15, 0.2) is 18.2 Å². The normalized spacial score (nSPS) is 33.4. The van der Waals surface area contributed by atoms with Crippen LogP contribution in [0.1, 0.15) is 31.9 Å². The van der Waals surface area contributed by atoms with Gasteiger partial charge >= 0.3 is 0 Å². The number of rotatable bonds is 1. The molecule has 0 radical (unpaired) electrons. The number of carbonyl (C=O) groups is 2. The molecule has 0 aromatic heterocycles. The van der Waals surface area contributed by atoms with Crippen LogP contribution in [0.4, 0.5) is 0 Å². The third-order valence-electron chi connectivity index (χ3n) is 5.63. The van der Waals surface area contributed by atoms with Crippen LogP contribution in [0, 0.1) is 16.7 Å². The summed E-state index contributed by atoms with van der Waals surface area (Å²) in [4.78, 5) is 28.7. The first-order valence-corrected chi connectivity index (χ1v) is 8.27. The summed E-state index contributed by atoms with van der Waals surface area (Å²) in [6, 6.07) is 6.15. The monoisotopic (exact) mass is 341 g/mol. The summed E-state index contributed by atoms with van der Waals surface area (Å²) in [5, 5.41) is 9.83. The molecule has 0 N–H and O–H groups in total. The van der Waals surface area contributed by atoms with Gasteiger partial charge in [0.25, 0.3) is 0 Å². The van der Waals surface area contributed by atoms with E-state index in [1.54, 1.807) is 24.9 Å². The smallest absolute Gasteiger partial charge is 0.246 e. The lowest BCUT2D eigenvalue weighted by Crippen LogP contribution is -2.60. The molecular weight excluding hydrogens is 322 g/mol. The maximum Gasteiger partial charge on any atom is 0.246 e. The van der Waals surface area contributed by atoms with Crippen molar-refractivity contribution in [3.63, 3.8) is 0 Å². The van der Waals surface area contributed by atoms with Crippen LogP contribution in [0.3, 0.4) is 0 Å². The Morgan fingerprint density at radius 2 is 1.96 bits per heavy atom. The molecule has 1 aromatic carbocycles. The zero-order valence-electron chi connectivity index (χ0n) is 14.4. The molecule has 4 atom stereocenters. The van der Waals surface area contributed by atoms with E-state index in [1.165, 1.54) is 4.90 Å². The van der Waals surface area contributed by atoms with Gasteiger partial charge in [-0.3, -0.25) is 9.59 Å². The van der Waals surface area contributed by atoms with Crippen molar-refractivity contribution >= 4 is 11.8 Å². The van der Waals surface area contributed by atoms with Gasteiger partial charge in [-0.2, -0.15) is 5.26 Å². The highest BCUT2D eigenvalue weighted by molar-refractivity contribution is 5.97. The van der Waals surface area contributed by atoms with E-state index in [9.17, 15) is 14.9 Å². The molecule has 0 spiro atoms. The minimum absolute atomic E-state index is 0.114. The lowest BCUT2D eigenvalue weighted by Gasteiger charge is -2.42. The minimum Gasteiger partial charge on any atom is -0.454 e. The van der Waals surface area contributed by atoms with E-state index < -0.39 is 23.5 Å². The highest BCUT2D eigenvalue weighted by atomic mass is 16.7. The van der Waals surface area contributed by atoms with Gasteiger partial charge in [0, 0.05) is 7.05 Å². The maximum absolute atomic E-state index is 13.0. The average Bonchev–Trinajstić information content (AvgIpc) is 3.20. The number of piperazine rings is 1. The number of likely N-dealkylation sites (N-methyl/N-ethyl adjacent to an activating group) is 1. The number of amides is 2. The molecule has 7 heteroatoms. The van der Waals surface area contributed by atoms with Gasteiger partial charge in [-0.15, -0.1) is 0 Å². The van der Waals surface area contributed by atoms with Crippen molar-refractivity contribution < 1.29 is 19.1 Å². The number of ether oxygens (including phenoxy) is 2. The van der Waals surface area contributed by atoms with Gasteiger partial charge in [0.05, 0.1) is 17.5 Å². The van der Waals surface area contributed by atoms with Gasteiger partial charge in [0.1, 0.15) is 12.1 Å². The molecular formula is C18H19N3O4. The molecule has 0 saturated carbocycles. The summed E-state index contributed by atoms with van der Waals surface area (Å²) in [6.45, 7) is 3.69. The quantitative estimate of drug-likeness (QED) is 0.772. The molecule has 7 nitrogen and oxygen atoms in total. The van der Waals surface area contributed by atoms with Crippen molar-refractivity contribution in [1.29, 1.82) is 5.26 Å². The zero-order valence-corrected chi connectivity index (χ0v) is 14.4. The molecule has 1 aromatic rings. The fraction of sp³-hybridized carbons (Fsp3) is 0.500. The largest absolute Gasteiger partial charge is 0.454 e. The number of hydrogen-bond acceptors (Lipinski definition) is 5. The van der Waals surface area contributed by atoms with E-state index in [4.69, 9.17) is 9.47 Å². The van der Waals surface area contributed by atoms with Crippen molar-refractivity contribution in [3.05, 3.63) is 23.8 Å². The summed E-state index contributed by atoms with van der Waals surface area (Å²) in [6.07, 6.45) is 0.324. The van der Waals surface area contributed by atoms with Gasteiger partial charge in [0.2, 0.25) is 18.6 Å². The van der Waals surface area contributed by atoms with Crippen LogP contribution in [0.25, 0.3) is 0 Å². The van der Waals surface area contributed by atoms with Gasteiger partial charge in [-0.25, -0.2) is 0 Å². The number of fused-ring (bicyclic) bond motifs is 2. The Morgan fingerprint density at radius 1 is 1.24 bits per heavy atom. The molecule has 2 amide bonds. The molecule has 25 heavy (non-hydrogen) atoms. The van der Waals surface area contributed by atoms with Crippen LogP contribution < -0.4 is 9.47 Å². The van der Waals surface area contributed by atoms with Gasteiger partial charge < -0.3 is 19.3 Å². The number of hydrogen-bond donors (Lipinski definition) is 0. The zero-order chi connectivity index (χ0) is 17.9. The average molecular weight is 341 g/mol. The molecule has 130 valence electrons. The van der Waals surface area contributed by atoms with Crippen molar-refractivity contribution in [3.8, 4) is 17.6 Å². The molecule has 3 aliphatic heterocycles. The van der Waals surface area contributed by atoms with Gasteiger partial charge in [-0.1, -0.05) is 6.07 Å². The molecule has 2 saturated heterocycles. The first kappa shape index (κ1) is 15.8. The third kappa shape index (κ3) is 2.03. The lowest BCUT2D eigenvalue weighted by molar-refractivity contribution is -0.159. The van der Waals surface area contributed by atoms with Crippen LogP contribution >= 0.6 is 0 Å². The molecule has 0 unspecified atom stereocenters. The van der Waals surface area contributed by atoms with Gasteiger partial charge in [-0.05, 0) is 38.0 Å². The maximum atomic E-state index is 13.0. The first-order valence-electron chi connectivity index (χ1n) is 8.27. The summed E-state index contributed by atoms with van der Waals surface area (Å²) in [7, 11) is 1.64. The van der Waals surface area contributed by atoms with Crippen molar-refractivity contribution in [2.24, 2.45) is 5.41 Å². The fourth-order valence-corrected chi connectivity index (χ4v) is 4.11. The molecule has 3 aliphatic rings. The number of benzene rings is 1. The van der Waals surface area contributed by atoms with E-state index in [0.29, 0.717) is 17.9 Å². The van der Waals surface area contributed by atoms with Crippen LogP contribution in [0.2, 0.25) is 0 Å². The second-order valence-corrected chi connectivity index (χ2v) is 7.14. The molecule has 4 rings (SSSR count). The summed E-state index contributed by atoms with van der Waals surface area (Å²) in [5.74, 6) is 0.999. The van der Waals surface area contributed by atoms with E-state index in [2.05, 4.69) is 6.07 Å². The predicted molar refractivity (Wildman–Crippen MR) is 86.5 cm³/mol. The number of nitrogens with zero attached hydrogens (tertiary/aromatic N) is 3. The number of carbonyl (C=O) groups excluding carboxylic acids is 2. The highest BCUT2D eigenvalue weighted by Gasteiger charge is 2.58. The second-order valence-electron chi connectivity index (χ2n) is 7.14. The van der Waals surface area contributed by atoms with Crippen LogP contribution in [-0.4, -0.2) is 47.5 Å². The topological polar surface area (TPSA) is 82.9 Å². The Labute approximate surface area is 145 Å². The Balaban J connectivity index is 1.83. The van der Waals surface area contributed by atoms with E-state index in [-0.39, 0.29) is 18.6 Å². The molecule has 0 bridgehead atoms. The standard InChI is InChI=1S/C18H19N3O4/c1-10-16(22)21-12(17(23)20(10)3)7-18(2,8-19)15(21)11-4-5-13-14(6-11)25-9-24-13/h4-6,10,12,15H,7,9H2,1-3H3/t10-,12+,15+,18-/m0/s1. The lowest BCUT2D eigenvalue weighted by atomic mass is 9.79. The van der Waals surface area contributed by atoms with E-state index in [0.717, 1.165) is 5.56 Å². The highest BCUT2D eigenvalue weighted by Crippen LogP contribution is 2.52. The van der Waals surface area contributed by atoms with Crippen LogP contribution in [-0.2, 0) is 9.59 Å². The minimum atomic E-state index is -0.853. The molecule has 2 fully saturated rings. The Hall–Kier alpha value is -2.75. The Bertz CT molecular complexity index is 817. The SMILES string of the molecule is C[C@H]1C(=O)N2[C@H](C[C@@](C)(C#N)[C@H]2c2ccc3c(c2)OCO3)C(=O)N1C. The summed E-state index contributed by atoms with van der Waals surface area (Å²) >= 11 is 0. The van der Waals surface area contributed by atoms with Crippen molar-refractivity contribution in [2.75, 3.05) is 13.8 Å². The van der Waals surface area contributed by atoms with E-state index >= 15 is 0 Å². The second kappa shape index (κ2) is 5.12. The number of nitriles is 1. The van der Waals surface area contributed by atoms with Crippen LogP contribution in [0.5, 0.6) is 11.5 Å². The summed E-state index contributed by atoms with van der Waals surface area (Å²) < 4.78 is 10.8. The van der Waals surface area contributed by atoms with Gasteiger partial charge in [0.15, 0.2) is 11.5 Å². The van der Waals surface area contributed by atoms with Crippen molar-refractivity contribution in [2.45, 2.75) is 38.4 Å². The fourth-order valence-electron chi connectivity index (χ4n) is 4.11. The Kier molecular flexibility index (Phi) is 3.23. The predicted octanol–water partition coefficient (Wildman–Crippen LogP) is 1.45. The summed E-state index contributed by atoms with van der Waals surface area (Å²) in [5.41, 5.74) is -0.0668. The van der Waals surface area contributed by atoms with Crippen molar-refractivity contribution in [1.82, 2.24) is 9.80 Å². The first-order chi connectivity index (χ1) is 11.9. The van der Waals surface area contributed by atoms with E-state index in [1.807, 2.05) is 19.1 Å². The third-order valence-corrected chi connectivity index (χ3v) is 5.63. The molecule has 0 aliphatic carbocycles. The molecule has 3 heterocycles. The Morgan fingerprint density at radius 3 is 2.68 bits per heavy atom.